The average molecular weight is 409 g/mol. The SMILES string of the molecule is Cc1nn(C)c(C)c1-c1ccc(=O)n(C(C)C(=O)NCc2ccc3c(c2)OCO3)n1. The summed E-state index contributed by atoms with van der Waals surface area (Å²) in [5.41, 5.74) is 3.74. The van der Waals surface area contributed by atoms with E-state index in [9.17, 15) is 9.59 Å². The molecular formula is C21H23N5O4. The minimum absolute atomic E-state index is 0.197. The number of carbonyl (C=O) groups is 1. The summed E-state index contributed by atoms with van der Waals surface area (Å²) >= 11 is 0. The van der Waals surface area contributed by atoms with Gasteiger partial charge in [-0.1, -0.05) is 6.07 Å². The molecule has 9 nitrogen and oxygen atoms in total. The van der Waals surface area contributed by atoms with Gasteiger partial charge in [-0.25, -0.2) is 4.68 Å². The van der Waals surface area contributed by atoms with Crippen LogP contribution in [0.4, 0.5) is 0 Å². The molecule has 156 valence electrons. The largest absolute Gasteiger partial charge is 0.454 e. The number of hydrogen-bond acceptors (Lipinski definition) is 6. The highest BCUT2D eigenvalue weighted by Crippen LogP contribution is 2.32. The lowest BCUT2D eigenvalue weighted by Gasteiger charge is -2.15. The molecule has 3 aromatic rings. The molecule has 3 heterocycles. The van der Waals surface area contributed by atoms with E-state index in [-0.39, 0.29) is 18.3 Å². The molecule has 1 aliphatic heterocycles. The van der Waals surface area contributed by atoms with Gasteiger partial charge in [0.25, 0.3) is 5.56 Å². The van der Waals surface area contributed by atoms with Crippen molar-refractivity contribution in [3.63, 3.8) is 0 Å². The Morgan fingerprint density at radius 3 is 2.67 bits per heavy atom. The zero-order valence-electron chi connectivity index (χ0n) is 17.3. The van der Waals surface area contributed by atoms with Crippen LogP contribution < -0.4 is 20.3 Å². The molecule has 1 atom stereocenters. The first-order chi connectivity index (χ1) is 14.3. The first-order valence-electron chi connectivity index (χ1n) is 9.62. The molecular weight excluding hydrogens is 386 g/mol. The quantitative estimate of drug-likeness (QED) is 0.691. The number of nitrogens with one attached hydrogen (secondary N) is 1. The number of amides is 1. The third-order valence-electron chi connectivity index (χ3n) is 5.24. The van der Waals surface area contributed by atoms with Gasteiger partial charge in [-0.3, -0.25) is 14.3 Å². The molecule has 0 saturated carbocycles. The molecule has 2 aromatic heterocycles. The lowest BCUT2D eigenvalue weighted by molar-refractivity contribution is -0.124. The van der Waals surface area contributed by atoms with Gasteiger partial charge in [0.1, 0.15) is 6.04 Å². The van der Waals surface area contributed by atoms with E-state index in [4.69, 9.17) is 9.47 Å². The smallest absolute Gasteiger partial charge is 0.267 e. The number of nitrogens with zero attached hydrogens (tertiary/aromatic N) is 4. The Morgan fingerprint density at radius 1 is 1.17 bits per heavy atom. The van der Waals surface area contributed by atoms with Gasteiger partial charge in [0.05, 0.1) is 11.4 Å². The molecule has 1 aromatic carbocycles. The first-order valence-corrected chi connectivity index (χ1v) is 9.62. The summed E-state index contributed by atoms with van der Waals surface area (Å²) < 4.78 is 13.6. The van der Waals surface area contributed by atoms with E-state index < -0.39 is 6.04 Å². The molecule has 1 amide bonds. The topological polar surface area (TPSA) is 100 Å². The number of aromatic nitrogens is 4. The number of benzene rings is 1. The van der Waals surface area contributed by atoms with Crippen molar-refractivity contribution in [2.45, 2.75) is 33.4 Å². The minimum atomic E-state index is -0.774. The zero-order valence-corrected chi connectivity index (χ0v) is 17.3. The normalized spacial score (nSPS) is 13.3. The molecule has 0 spiro atoms. The standard InChI is InChI=1S/C21H23N5O4/c1-12-20(13(2)25(4)23-12)16-6-8-19(27)26(24-16)14(3)21(28)22-10-15-5-7-17-18(9-15)30-11-29-17/h5-9,14H,10-11H2,1-4H3,(H,22,28). The highest BCUT2D eigenvalue weighted by molar-refractivity contribution is 5.79. The summed E-state index contributed by atoms with van der Waals surface area (Å²) in [7, 11) is 1.86. The van der Waals surface area contributed by atoms with Gasteiger partial charge in [0.15, 0.2) is 11.5 Å². The van der Waals surface area contributed by atoms with Crippen LogP contribution in [0.1, 0.15) is 29.9 Å². The fraction of sp³-hybridized carbons (Fsp3) is 0.333. The number of hydrogen-bond donors (Lipinski definition) is 1. The molecule has 9 heteroatoms. The summed E-state index contributed by atoms with van der Waals surface area (Å²) in [6.07, 6.45) is 0. The van der Waals surface area contributed by atoms with Crippen molar-refractivity contribution in [2.24, 2.45) is 7.05 Å². The van der Waals surface area contributed by atoms with E-state index >= 15 is 0 Å². The van der Waals surface area contributed by atoms with Crippen LogP contribution in [0.15, 0.2) is 35.1 Å². The van der Waals surface area contributed by atoms with E-state index in [1.54, 1.807) is 23.7 Å². The summed E-state index contributed by atoms with van der Waals surface area (Å²) in [5, 5.41) is 11.7. The molecule has 4 rings (SSSR count). The third kappa shape index (κ3) is 3.54. The maximum Gasteiger partial charge on any atom is 0.267 e. The molecule has 0 fully saturated rings. The summed E-state index contributed by atoms with van der Waals surface area (Å²) in [6.45, 7) is 5.98. The Labute approximate surface area is 173 Å². The molecule has 0 aliphatic carbocycles. The second kappa shape index (κ2) is 7.66. The second-order valence-electron chi connectivity index (χ2n) is 7.25. The summed E-state index contributed by atoms with van der Waals surface area (Å²) in [5.74, 6) is 1.04. The van der Waals surface area contributed by atoms with Gasteiger partial charge in [-0.2, -0.15) is 10.2 Å². The molecule has 1 N–H and O–H groups in total. The Kier molecular flexibility index (Phi) is 5.03. The first kappa shape index (κ1) is 19.7. The molecule has 30 heavy (non-hydrogen) atoms. The van der Waals surface area contributed by atoms with Crippen molar-refractivity contribution in [1.82, 2.24) is 24.9 Å². The van der Waals surface area contributed by atoms with Crippen LogP contribution in [-0.2, 0) is 18.4 Å². The van der Waals surface area contributed by atoms with Crippen molar-refractivity contribution in [3.05, 3.63) is 57.6 Å². The van der Waals surface area contributed by atoms with Crippen molar-refractivity contribution in [3.8, 4) is 22.8 Å². The predicted molar refractivity (Wildman–Crippen MR) is 109 cm³/mol. The highest BCUT2D eigenvalue weighted by Gasteiger charge is 2.20. The van der Waals surface area contributed by atoms with Crippen molar-refractivity contribution < 1.29 is 14.3 Å². The second-order valence-corrected chi connectivity index (χ2v) is 7.25. The number of aryl methyl sites for hydroxylation is 2. The van der Waals surface area contributed by atoms with Gasteiger partial charge in [-0.05, 0) is 44.5 Å². The molecule has 0 saturated heterocycles. The van der Waals surface area contributed by atoms with Crippen LogP contribution in [-0.4, -0.2) is 32.3 Å². The molecule has 0 radical (unpaired) electrons. The van der Waals surface area contributed by atoms with Gasteiger partial charge in [0.2, 0.25) is 12.7 Å². The fourth-order valence-electron chi connectivity index (χ4n) is 3.48. The van der Waals surface area contributed by atoms with Gasteiger partial charge in [0, 0.05) is 30.9 Å². The van der Waals surface area contributed by atoms with E-state index in [2.05, 4.69) is 15.5 Å². The lowest BCUT2D eigenvalue weighted by atomic mass is 10.1. The van der Waals surface area contributed by atoms with Crippen LogP contribution >= 0.6 is 0 Å². The van der Waals surface area contributed by atoms with Crippen LogP contribution in [0.2, 0.25) is 0 Å². The monoisotopic (exact) mass is 409 g/mol. The van der Waals surface area contributed by atoms with E-state index in [0.29, 0.717) is 23.7 Å². The third-order valence-corrected chi connectivity index (χ3v) is 5.24. The van der Waals surface area contributed by atoms with Crippen molar-refractivity contribution in [1.29, 1.82) is 0 Å². The summed E-state index contributed by atoms with van der Waals surface area (Å²) in [6, 6.07) is 7.80. The van der Waals surface area contributed by atoms with Gasteiger partial charge >= 0.3 is 0 Å². The number of carbonyl (C=O) groups excluding carboxylic acids is 1. The number of rotatable bonds is 5. The van der Waals surface area contributed by atoms with Crippen LogP contribution in [0.3, 0.4) is 0 Å². The zero-order chi connectivity index (χ0) is 21.4. The van der Waals surface area contributed by atoms with E-state index in [0.717, 1.165) is 22.5 Å². The maximum atomic E-state index is 12.7. The highest BCUT2D eigenvalue weighted by atomic mass is 16.7. The Balaban J connectivity index is 1.53. The lowest BCUT2D eigenvalue weighted by Crippen LogP contribution is -2.36. The Bertz CT molecular complexity index is 1180. The average Bonchev–Trinajstić information content (AvgIpc) is 3.29. The van der Waals surface area contributed by atoms with Crippen molar-refractivity contribution >= 4 is 5.91 Å². The molecule has 0 bridgehead atoms. The van der Waals surface area contributed by atoms with Crippen LogP contribution in [0, 0.1) is 13.8 Å². The fourth-order valence-corrected chi connectivity index (χ4v) is 3.48. The van der Waals surface area contributed by atoms with E-state index in [1.165, 1.54) is 10.7 Å². The van der Waals surface area contributed by atoms with Gasteiger partial charge < -0.3 is 14.8 Å². The Hall–Kier alpha value is -3.62. The predicted octanol–water partition coefficient (Wildman–Crippen LogP) is 1.87. The molecule has 1 unspecified atom stereocenters. The minimum Gasteiger partial charge on any atom is -0.454 e. The number of fused-ring (bicyclic) bond motifs is 1. The molecule has 1 aliphatic rings. The summed E-state index contributed by atoms with van der Waals surface area (Å²) in [4.78, 5) is 25.1. The van der Waals surface area contributed by atoms with E-state index in [1.807, 2.05) is 33.0 Å². The number of ether oxygens (including phenoxy) is 2. The maximum absolute atomic E-state index is 12.7. The van der Waals surface area contributed by atoms with Crippen LogP contribution in [0.25, 0.3) is 11.3 Å². The van der Waals surface area contributed by atoms with Crippen molar-refractivity contribution in [2.75, 3.05) is 6.79 Å². The van der Waals surface area contributed by atoms with Crippen LogP contribution in [0.5, 0.6) is 11.5 Å². The Morgan fingerprint density at radius 2 is 1.93 bits per heavy atom. The van der Waals surface area contributed by atoms with Gasteiger partial charge in [-0.15, -0.1) is 0 Å².